The molecular weight excluding hydrogens is 216 g/mol. The summed E-state index contributed by atoms with van der Waals surface area (Å²) in [5.74, 6) is 2.76. The first-order valence-electron chi connectivity index (χ1n) is 6.35. The van der Waals surface area contributed by atoms with E-state index in [1.54, 1.807) is 0 Å². The molecule has 2 N–H and O–H groups in total. The molecule has 3 unspecified atom stereocenters. The van der Waals surface area contributed by atoms with Gasteiger partial charge in [0.15, 0.2) is 0 Å². The molecule has 3 rings (SSSR count). The van der Waals surface area contributed by atoms with Crippen molar-refractivity contribution < 1.29 is 0 Å². The van der Waals surface area contributed by atoms with Crippen molar-refractivity contribution in [2.45, 2.75) is 45.6 Å². The lowest BCUT2D eigenvalue weighted by atomic mass is 10.0. The first-order chi connectivity index (χ1) is 7.66. The lowest BCUT2D eigenvalue weighted by Gasteiger charge is -2.11. The Morgan fingerprint density at radius 2 is 2.06 bits per heavy atom. The SMILES string of the molecule is Cc1nc(CC(N)C2C3CCCC32)sc1C. The Morgan fingerprint density at radius 3 is 2.62 bits per heavy atom. The number of aromatic nitrogens is 1. The quantitative estimate of drug-likeness (QED) is 0.876. The van der Waals surface area contributed by atoms with Crippen molar-refractivity contribution >= 4 is 11.3 Å². The van der Waals surface area contributed by atoms with Gasteiger partial charge in [0.05, 0.1) is 10.7 Å². The number of thiazole rings is 1. The Hall–Kier alpha value is -0.410. The molecule has 0 saturated heterocycles. The fraction of sp³-hybridized carbons (Fsp3) is 0.769. The van der Waals surface area contributed by atoms with E-state index < -0.39 is 0 Å². The molecule has 0 aromatic carbocycles. The number of rotatable bonds is 3. The highest BCUT2D eigenvalue weighted by atomic mass is 32.1. The Balaban J connectivity index is 1.62. The monoisotopic (exact) mass is 236 g/mol. The van der Waals surface area contributed by atoms with E-state index in [9.17, 15) is 0 Å². The number of aryl methyl sites for hydroxylation is 2. The topological polar surface area (TPSA) is 38.9 Å². The van der Waals surface area contributed by atoms with Gasteiger partial charge in [0.1, 0.15) is 0 Å². The molecule has 2 nitrogen and oxygen atoms in total. The predicted molar refractivity (Wildman–Crippen MR) is 67.6 cm³/mol. The average Bonchev–Trinajstić information content (AvgIpc) is 2.55. The molecular formula is C13H20N2S. The molecule has 2 aliphatic rings. The summed E-state index contributed by atoms with van der Waals surface area (Å²) in [5, 5.41) is 1.24. The van der Waals surface area contributed by atoms with E-state index in [1.807, 2.05) is 11.3 Å². The number of hydrogen-bond acceptors (Lipinski definition) is 3. The Morgan fingerprint density at radius 1 is 1.38 bits per heavy atom. The van der Waals surface area contributed by atoms with Gasteiger partial charge in [-0.15, -0.1) is 11.3 Å². The summed E-state index contributed by atoms with van der Waals surface area (Å²) in [6, 6.07) is 0.361. The van der Waals surface area contributed by atoms with E-state index in [0.717, 1.165) is 24.2 Å². The van der Waals surface area contributed by atoms with Crippen LogP contribution < -0.4 is 5.73 Å². The van der Waals surface area contributed by atoms with Gasteiger partial charge in [0.2, 0.25) is 0 Å². The molecule has 1 aromatic heterocycles. The zero-order chi connectivity index (χ0) is 11.3. The maximum absolute atomic E-state index is 6.33. The molecule has 0 bridgehead atoms. The standard InChI is InChI=1S/C13H20N2S/c1-7-8(2)16-12(15-7)6-11(14)13-9-4-3-5-10(9)13/h9-11,13H,3-6,14H2,1-2H3. The van der Waals surface area contributed by atoms with Crippen LogP contribution in [-0.2, 0) is 6.42 Å². The molecule has 0 radical (unpaired) electrons. The van der Waals surface area contributed by atoms with Crippen molar-refractivity contribution in [2.75, 3.05) is 0 Å². The van der Waals surface area contributed by atoms with Gasteiger partial charge in [0.25, 0.3) is 0 Å². The summed E-state index contributed by atoms with van der Waals surface area (Å²) < 4.78 is 0. The third kappa shape index (κ3) is 1.70. The molecule has 0 spiro atoms. The van der Waals surface area contributed by atoms with Gasteiger partial charge in [-0.3, -0.25) is 0 Å². The molecule has 1 aromatic rings. The predicted octanol–water partition coefficient (Wildman–Crippen LogP) is 2.68. The van der Waals surface area contributed by atoms with Gasteiger partial charge in [-0.1, -0.05) is 6.42 Å². The second-order valence-electron chi connectivity index (χ2n) is 5.45. The van der Waals surface area contributed by atoms with Crippen molar-refractivity contribution in [2.24, 2.45) is 23.5 Å². The highest BCUT2D eigenvalue weighted by molar-refractivity contribution is 7.11. The lowest BCUT2D eigenvalue weighted by molar-refractivity contribution is 0.483. The third-order valence-corrected chi connectivity index (χ3v) is 5.55. The second-order valence-corrected chi connectivity index (χ2v) is 6.74. The van der Waals surface area contributed by atoms with Crippen LogP contribution in [0, 0.1) is 31.6 Å². The van der Waals surface area contributed by atoms with Crippen LogP contribution in [0.2, 0.25) is 0 Å². The highest BCUT2D eigenvalue weighted by Gasteiger charge is 2.54. The van der Waals surface area contributed by atoms with Crippen molar-refractivity contribution in [3.8, 4) is 0 Å². The van der Waals surface area contributed by atoms with Gasteiger partial charge in [-0.2, -0.15) is 0 Å². The summed E-state index contributed by atoms with van der Waals surface area (Å²) in [7, 11) is 0. The third-order valence-electron chi connectivity index (χ3n) is 4.45. The van der Waals surface area contributed by atoms with E-state index in [0.29, 0.717) is 6.04 Å². The van der Waals surface area contributed by atoms with Crippen LogP contribution in [0.25, 0.3) is 0 Å². The number of hydrogen-bond donors (Lipinski definition) is 1. The van der Waals surface area contributed by atoms with E-state index in [-0.39, 0.29) is 0 Å². The molecule has 0 amide bonds. The fourth-order valence-electron chi connectivity index (χ4n) is 3.48. The number of nitrogens with two attached hydrogens (primary N) is 1. The van der Waals surface area contributed by atoms with Crippen LogP contribution in [0.3, 0.4) is 0 Å². The Kier molecular flexibility index (Phi) is 2.55. The van der Waals surface area contributed by atoms with Crippen molar-refractivity contribution in [3.05, 3.63) is 15.6 Å². The maximum atomic E-state index is 6.33. The summed E-state index contributed by atoms with van der Waals surface area (Å²) in [5.41, 5.74) is 7.51. The molecule has 0 aliphatic heterocycles. The molecule has 2 saturated carbocycles. The molecule has 1 heterocycles. The highest BCUT2D eigenvalue weighted by Crippen LogP contribution is 2.58. The van der Waals surface area contributed by atoms with E-state index >= 15 is 0 Å². The first-order valence-corrected chi connectivity index (χ1v) is 7.17. The first kappa shape index (κ1) is 10.7. The largest absolute Gasteiger partial charge is 0.327 e. The lowest BCUT2D eigenvalue weighted by Crippen LogP contribution is -2.27. The van der Waals surface area contributed by atoms with Crippen LogP contribution in [0.5, 0.6) is 0 Å². The minimum atomic E-state index is 0.361. The van der Waals surface area contributed by atoms with Crippen molar-refractivity contribution in [3.63, 3.8) is 0 Å². The zero-order valence-electron chi connectivity index (χ0n) is 10.1. The van der Waals surface area contributed by atoms with Crippen LogP contribution in [0.1, 0.15) is 34.8 Å². The molecule has 3 heteroatoms. The van der Waals surface area contributed by atoms with Crippen LogP contribution >= 0.6 is 11.3 Å². The summed E-state index contributed by atoms with van der Waals surface area (Å²) >= 11 is 1.82. The van der Waals surface area contributed by atoms with Crippen molar-refractivity contribution in [1.82, 2.24) is 4.98 Å². The molecule has 16 heavy (non-hydrogen) atoms. The van der Waals surface area contributed by atoms with Crippen LogP contribution in [0.15, 0.2) is 0 Å². The number of nitrogens with zero attached hydrogens (tertiary/aromatic N) is 1. The average molecular weight is 236 g/mol. The van der Waals surface area contributed by atoms with Gasteiger partial charge in [-0.25, -0.2) is 4.98 Å². The summed E-state index contributed by atoms with van der Waals surface area (Å²) in [4.78, 5) is 5.94. The maximum Gasteiger partial charge on any atom is 0.0946 e. The molecule has 88 valence electrons. The summed E-state index contributed by atoms with van der Waals surface area (Å²) in [6.07, 6.45) is 5.29. The zero-order valence-corrected chi connectivity index (χ0v) is 10.9. The fourth-order valence-corrected chi connectivity index (χ4v) is 4.48. The molecule has 3 atom stereocenters. The van der Waals surface area contributed by atoms with Gasteiger partial charge >= 0.3 is 0 Å². The summed E-state index contributed by atoms with van der Waals surface area (Å²) in [6.45, 7) is 4.24. The van der Waals surface area contributed by atoms with E-state index in [1.165, 1.54) is 34.8 Å². The van der Waals surface area contributed by atoms with Crippen LogP contribution in [0.4, 0.5) is 0 Å². The minimum Gasteiger partial charge on any atom is -0.327 e. The van der Waals surface area contributed by atoms with E-state index in [2.05, 4.69) is 18.8 Å². The molecule has 2 aliphatic carbocycles. The van der Waals surface area contributed by atoms with Gasteiger partial charge in [0, 0.05) is 17.3 Å². The van der Waals surface area contributed by atoms with Gasteiger partial charge < -0.3 is 5.73 Å². The Labute approximate surface area is 101 Å². The normalized spacial score (nSPS) is 33.8. The van der Waals surface area contributed by atoms with Crippen molar-refractivity contribution in [1.29, 1.82) is 0 Å². The molecule has 2 fully saturated rings. The van der Waals surface area contributed by atoms with Gasteiger partial charge in [-0.05, 0) is 44.4 Å². The van der Waals surface area contributed by atoms with Crippen LogP contribution in [-0.4, -0.2) is 11.0 Å². The minimum absolute atomic E-state index is 0.361. The number of fused-ring (bicyclic) bond motifs is 1. The Bertz CT molecular complexity index is 369. The van der Waals surface area contributed by atoms with E-state index in [4.69, 9.17) is 5.73 Å². The second kappa shape index (κ2) is 3.81. The smallest absolute Gasteiger partial charge is 0.0946 e.